The average molecular weight is 324 g/mol. The number of rotatable bonds is 3. The summed E-state index contributed by atoms with van der Waals surface area (Å²) in [4.78, 5) is 18.4. The predicted molar refractivity (Wildman–Crippen MR) is 95.7 cm³/mol. The lowest BCUT2D eigenvalue weighted by atomic mass is 9.85. The summed E-state index contributed by atoms with van der Waals surface area (Å²) < 4.78 is 0. The van der Waals surface area contributed by atoms with E-state index in [-0.39, 0.29) is 17.4 Å². The molecule has 1 N–H and O–H groups in total. The van der Waals surface area contributed by atoms with Gasteiger partial charge in [-0.25, -0.2) is 0 Å². The molecule has 0 spiro atoms. The molecule has 3 nitrogen and oxygen atoms in total. The van der Waals surface area contributed by atoms with Crippen molar-refractivity contribution in [1.29, 1.82) is 0 Å². The van der Waals surface area contributed by atoms with Crippen LogP contribution in [0.5, 0.6) is 0 Å². The van der Waals surface area contributed by atoms with Gasteiger partial charge < -0.3 is 5.32 Å². The van der Waals surface area contributed by atoms with Gasteiger partial charge in [-0.15, -0.1) is 11.3 Å². The van der Waals surface area contributed by atoms with Crippen molar-refractivity contribution < 1.29 is 4.79 Å². The summed E-state index contributed by atoms with van der Waals surface area (Å²) in [5, 5.41) is 6.14. The zero-order valence-corrected chi connectivity index (χ0v) is 14.4. The SMILES string of the molecule is CC(C)(C)C(NC(=O)c1ccnc2ccccc12)c1cccs1. The molecule has 0 aliphatic heterocycles. The third-order valence-electron chi connectivity index (χ3n) is 3.86. The van der Waals surface area contributed by atoms with Gasteiger partial charge in [0.2, 0.25) is 0 Å². The molecule has 4 heteroatoms. The number of hydrogen-bond acceptors (Lipinski definition) is 3. The van der Waals surface area contributed by atoms with Gasteiger partial charge >= 0.3 is 0 Å². The quantitative estimate of drug-likeness (QED) is 0.751. The Morgan fingerprint density at radius 3 is 2.61 bits per heavy atom. The highest BCUT2D eigenvalue weighted by Gasteiger charge is 2.29. The van der Waals surface area contributed by atoms with Gasteiger partial charge in [0.25, 0.3) is 5.91 Å². The molecule has 0 aliphatic carbocycles. The van der Waals surface area contributed by atoms with Crippen LogP contribution in [-0.4, -0.2) is 10.9 Å². The smallest absolute Gasteiger partial charge is 0.252 e. The van der Waals surface area contributed by atoms with E-state index in [1.807, 2.05) is 35.7 Å². The molecule has 0 saturated heterocycles. The molecule has 2 heterocycles. The van der Waals surface area contributed by atoms with Gasteiger partial charge in [0.05, 0.1) is 17.1 Å². The Morgan fingerprint density at radius 1 is 1.13 bits per heavy atom. The molecule has 0 fully saturated rings. The van der Waals surface area contributed by atoms with Crippen LogP contribution in [0.25, 0.3) is 10.9 Å². The first-order valence-corrected chi connectivity index (χ1v) is 8.53. The highest BCUT2D eigenvalue weighted by Crippen LogP contribution is 2.35. The van der Waals surface area contributed by atoms with E-state index in [2.05, 4.69) is 37.1 Å². The number of aromatic nitrogens is 1. The van der Waals surface area contributed by atoms with Crippen LogP contribution in [0.4, 0.5) is 0 Å². The monoisotopic (exact) mass is 324 g/mol. The van der Waals surface area contributed by atoms with E-state index in [9.17, 15) is 4.79 Å². The van der Waals surface area contributed by atoms with Crippen molar-refractivity contribution in [2.45, 2.75) is 26.8 Å². The highest BCUT2D eigenvalue weighted by molar-refractivity contribution is 7.10. The van der Waals surface area contributed by atoms with Gasteiger partial charge in [-0.05, 0) is 29.0 Å². The highest BCUT2D eigenvalue weighted by atomic mass is 32.1. The summed E-state index contributed by atoms with van der Waals surface area (Å²) in [6, 6.07) is 13.6. The zero-order chi connectivity index (χ0) is 16.4. The summed E-state index contributed by atoms with van der Waals surface area (Å²) in [5.41, 5.74) is 1.44. The summed E-state index contributed by atoms with van der Waals surface area (Å²) in [7, 11) is 0. The van der Waals surface area contributed by atoms with E-state index >= 15 is 0 Å². The van der Waals surface area contributed by atoms with Crippen molar-refractivity contribution in [3.63, 3.8) is 0 Å². The number of para-hydroxylation sites is 1. The molecule has 0 aliphatic rings. The summed E-state index contributed by atoms with van der Waals surface area (Å²) in [6.45, 7) is 6.42. The van der Waals surface area contributed by atoms with Crippen LogP contribution in [-0.2, 0) is 0 Å². The molecule has 1 aromatic carbocycles. The number of benzene rings is 1. The van der Waals surface area contributed by atoms with E-state index in [0.717, 1.165) is 10.9 Å². The first kappa shape index (κ1) is 15.7. The van der Waals surface area contributed by atoms with Crippen LogP contribution < -0.4 is 5.32 Å². The van der Waals surface area contributed by atoms with E-state index in [0.29, 0.717) is 5.56 Å². The average Bonchev–Trinajstić information content (AvgIpc) is 3.04. The standard InChI is InChI=1S/C19H20N2OS/c1-19(2,3)17(16-9-6-12-23-16)21-18(22)14-10-11-20-15-8-5-4-7-13(14)15/h4-12,17H,1-3H3,(H,21,22). The molecule has 0 radical (unpaired) electrons. The third kappa shape index (κ3) is 3.27. The van der Waals surface area contributed by atoms with Crippen LogP contribution in [0.1, 0.15) is 42.0 Å². The minimum Gasteiger partial charge on any atom is -0.344 e. The minimum atomic E-state index is -0.0661. The molecule has 2 aromatic heterocycles. The lowest BCUT2D eigenvalue weighted by Crippen LogP contribution is -2.36. The Kier molecular flexibility index (Phi) is 4.18. The Hall–Kier alpha value is -2.20. The van der Waals surface area contributed by atoms with Gasteiger partial charge in [-0.2, -0.15) is 0 Å². The minimum absolute atomic E-state index is 0.0260. The van der Waals surface area contributed by atoms with Crippen molar-refractivity contribution in [1.82, 2.24) is 10.3 Å². The second-order valence-electron chi connectivity index (χ2n) is 6.66. The molecule has 1 atom stereocenters. The number of nitrogens with one attached hydrogen (secondary N) is 1. The van der Waals surface area contributed by atoms with Crippen LogP contribution in [0.3, 0.4) is 0 Å². The van der Waals surface area contributed by atoms with Gasteiger partial charge in [-0.1, -0.05) is 45.0 Å². The molecule has 1 unspecified atom stereocenters. The van der Waals surface area contributed by atoms with Gasteiger partial charge in [0, 0.05) is 16.5 Å². The summed E-state index contributed by atoms with van der Waals surface area (Å²) >= 11 is 1.67. The molecule has 3 rings (SSSR count). The van der Waals surface area contributed by atoms with E-state index < -0.39 is 0 Å². The van der Waals surface area contributed by atoms with Crippen LogP contribution in [0.15, 0.2) is 54.0 Å². The number of pyridine rings is 1. The van der Waals surface area contributed by atoms with Crippen molar-refractivity contribution >= 4 is 28.1 Å². The lowest BCUT2D eigenvalue weighted by molar-refractivity contribution is 0.0905. The number of carbonyl (C=O) groups excluding carboxylic acids is 1. The molecule has 0 bridgehead atoms. The van der Waals surface area contributed by atoms with E-state index in [1.54, 1.807) is 23.6 Å². The second kappa shape index (κ2) is 6.13. The van der Waals surface area contributed by atoms with Crippen molar-refractivity contribution in [2.24, 2.45) is 5.41 Å². The molecular formula is C19H20N2OS. The van der Waals surface area contributed by atoms with Crippen LogP contribution in [0.2, 0.25) is 0 Å². The number of nitrogens with zero attached hydrogens (tertiary/aromatic N) is 1. The van der Waals surface area contributed by atoms with Crippen molar-refractivity contribution in [3.8, 4) is 0 Å². The molecule has 23 heavy (non-hydrogen) atoms. The number of thiophene rings is 1. The molecular weight excluding hydrogens is 304 g/mol. The van der Waals surface area contributed by atoms with Crippen molar-refractivity contribution in [2.75, 3.05) is 0 Å². The number of carbonyl (C=O) groups is 1. The van der Waals surface area contributed by atoms with E-state index in [4.69, 9.17) is 0 Å². The normalized spacial score (nSPS) is 13.0. The molecule has 3 aromatic rings. The first-order chi connectivity index (χ1) is 11.0. The first-order valence-electron chi connectivity index (χ1n) is 7.65. The maximum atomic E-state index is 12.9. The van der Waals surface area contributed by atoms with Crippen molar-refractivity contribution in [3.05, 3.63) is 64.5 Å². The van der Waals surface area contributed by atoms with Gasteiger partial charge in [-0.3, -0.25) is 9.78 Å². The topological polar surface area (TPSA) is 42.0 Å². The Labute approximate surface area is 140 Å². The Balaban J connectivity index is 1.96. The van der Waals surface area contributed by atoms with Crippen LogP contribution in [0, 0.1) is 5.41 Å². The summed E-state index contributed by atoms with van der Waals surface area (Å²) in [6.07, 6.45) is 1.69. The largest absolute Gasteiger partial charge is 0.344 e. The lowest BCUT2D eigenvalue weighted by Gasteiger charge is -2.31. The maximum Gasteiger partial charge on any atom is 0.252 e. The fraction of sp³-hybridized carbons (Fsp3) is 0.263. The predicted octanol–water partition coefficient (Wildman–Crippen LogP) is 4.81. The maximum absolute atomic E-state index is 12.9. The summed E-state index contributed by atoms with van der Waals surface area (Å²) in [5.74, 6) is -0.0584. The van der Waals surface area contributed by atoms with Crippen LogP contribution >= 0.6 is 11.3 Å². The Bertz CT molecular complexity index is 814. The Morgan fingerprint density at radius 2 is 1.91 bits per heavy atom. The molecule has 0 saturated carbocycles. The fourth-order valence-corrected chi connectivity index (χ4v) is 3.69. The third-order valence-corrected chi connectivity index (χ3v) is 4.80. The van der Waals surface area contributed by atoms with Gasteiger partial charge in [0.1, 0.15) is 0 Å². The molecule has 118 valence electrons. The van der Waals surface area contributed by atoms with E-state index in [1.165, 1.54) is 4.88 Å². The van der Waals surface area contributed by atoms with Gasteiger partial charge in [0.15, 0.2) is 0 Å². The number of hydrogen-bond donors (Lipinski definition) is 1. The number of amides is 1. The fourth-order valence-electron chi connectivity index (χ4n) is 2.67. The second-order valence-corrected chi connectivity index (χ2v) is 7.64. The molecule has 1 amide bonds. The zero-order valence-electron chi connectivity index (χ0n) is 13.5. The number of fused-ring (bicyclic) bond motifs is 1.